The van der Waals surface area contributed by atoms with E-state index in [2.05, 4.69) is 9.44 Å². The lowest BCUT2D eigenvalue weighted by Gasteiger charge is -2.15. The van der Waals surface area contributed by atoms with Crippen LogP contribution in [0, 0.1) is 27.2 Å². The van der Waals surface area contributed by atoms with Crippen LogP contribution >= 0.6 is 0 Å². The van der Waals surface area contributed by atoms with Crippen LogP contribution in [0.25, 0.3) is 0 Å². The Labute approximate surface area is 188 Å². The van der Waals surface area contributed by atoms with E-state index in [9.17, 15) is 37.1 Å². The number of rotatable bonds is 8. The number of nitrogens with zero attached hydrogens (tertiary/aromatic N) is 2. The summed E-state index contributed by atoms with van der Waals surface area (Å²) in [5.41, 5.74) is -0.122. The second-order valence-electron chi connectivity index (χ2n) is 6.69. The molecule has 0 aliphatic rings. The van der Waals surface area contributed by atoms with Gasteiger partial charge in [0, 0.05) is 24.3 Å². The van der Waals surface area contributed by atoms with Crippen molar-refractivity contribution in [2.45, 2.75) is 16.7 Å². The molecule has 14 heteroatoms. The zero-order valence-electron chi connectivity index (χ0n) is 16.8. The Balaban J connectivity index is 1.87. The standard InChI is InChI=1S/C19H16N4O8S2/c1-13-18(20-32(28,29)16-9-5-14(6-10-16)22(24)25)3-2-4-19(13)21-33(30,31)17-11-7-15(8-12-17)23(26)27/h2-12,20-21H,1H3. The SMILES string of the molecule is Cc1c(NS(=O)(=O)c2ccc([N+](=O)[O-])cc2)cccc1NS(=O)(=O)c1ccc([N+](=O)[O-])cc1. The molecule has 12 nitrogen and oxygen atoms in total. The molecule has 0 aliphatic heterocycles. The maximum Gasteiger partial charge on any atom is 0.269 e. The van der Waals surface area contributed by atoms with Gasteiger partial charge in [0.25, 0.3) is 31.4 Å². The Kier molecular flexibility index (Phi) is 6.32. The first kappa shape index (κ1) is 23.6. The highest BCUT2D eigenvalue weighted by Gasteiger charge is 2.20. The fraction of sp³-hybridized carbons (Fsp3) is 0.0526. The first-order valence-corrected chi connectivity index (χ1v) is 12.0. The molecule has 0 unspecified atom stereocenters. The lowest BCUT2D eigenvalue weighted by atomic mass is 10.2. The van der Waals surface area contributed by atoms with Gasteiger partial charge in [-0.25, -0.2) is 16.8 Å². The van der Waals surface area contributed by atoms with Gasteiger partial charge in [-0.05, 0) is 48.9 Å². The summed E-state index contributed by atoms with van der Waals surface area (Å²) in [5, 5.41) is 21.5. The molecular weight excluding hydrogens is 476 g/mol. The van der Waals surface area contributed by atoms with Gasteiger partial charge in [0.2, 0.25) is 0 Å². The minimum atomic E-state index is -4.12. The smallest absolute Gasteiger partial charge is 0.269 e. The third kappa shape index (κ3) is 5.24. The predicted octanol–water partition coefficient (Wildman–Crippen LogP) is 3.41. The van der Waals surface area contributed by atoms with Gasteiger partial charge in [-0.2, -0.15) is 0 Å². The Bertz CT molecular complexity index is 1330. The molecule has 0 radical (unpaired) electrons. The Morgan fingerprint density at radius 1 is 0.636 bits per heavy atom. The molecule has 0 bridgehead atoms. The van der Waals surface area contributed by atoms with Crippen LogP contribution in [-0.4, -0.2) is 26.7 Å². The fourth-order valence-electron chi connectivity index (χ4n) is 2.76. The molecule has 0 amide bonds. The fourth-order valence-corrected chi connectivity index (χ4v) is 5.00. The average molecular weight is 492 g/mol. The molecule has 2 N–H and O–H groups in total. The molecule has 172 valence electrons. The Morgan fingerprint density at radius 2 is 0.970 bits per heavy atom. The molecule has 0 saturated heterocycles. The highest BCUT2D eigenvalue weighted by Crippen LogP contribution is 2.28. The van der Waals surface area contributed by atoms with Crippen molar-refractivity contribution in [3.8, 4) is 0 Å². The summed E-state index contributed by atoms with van der Waals surface area (Å²) >= 11 is 0. The molecule has 0 spiro atoms. The third-order valence-corrected chi connectivity index (χ3v) is 7.30. The zero-order valence-corrected chi connectivity index (χ0v) is 18.5. The largest absolute Gasteiger partial charge is 0.279 e. The summed E-state index contributed by atoms with van der Waals surface area (Å²) in [6.45, 7) is 1.49. The number of anilines is 2. The first-order valence-electron chi connectivity index (χ1n) is 9.05. The van der Waals surface area contributed by atoms with E-state index in [1.165, 1.54) is 25.1 Å². The molecule has 0 heterocycles. The molecule has 33 heavy (non-hydrogen) atoms. The van der Waals surface area contributed by atoms with Crippen molar-refractivity contribution < 1.29 is 26.7 Å². The number of non-ortho nitro benzene ring substituents is 2. The molecule has 0 atom stereocenters. The third-order valence-electron chi connectivity index (χ3n) is 4.54. The van der Waals surface area contributed by atoms with E-state index in [1.807, 2.05) is 0 Å². The quantitative estimate of drug-likeness (QED) is 0.354. The van der Waals surface area contributed by atoms with Gasteiger partial charge in [-0.3, -0.25) is 29.7 Å². The van der Waals surface area contributed by atoms with Crippen molar-refractivity contribution in [3.63, 3.8) is 0 Å². The van der Waals surface area contributed by atoms with E-state index in [0.717, 1.165) is 48.5 Å². The summed E-state index contributed by atoms with van der Waals surface area (Å²) in [6.07, 6.45) is 0. The number of sulfonamides is 2. The Hall–Kier alpha value is -4.04. The first-order chi connectivity index (χ1) is 15.4. The normalized spacial score (nSPS) is 11.5. The van der Waals surface area contributed by atoms with Crippen molar-refractivity contribution in [1.29, 1.82) is 0 Å². The van der Waals surface area contributed by atoms with E-state index in [4.69, 9.17) is 0 Å². The molecule has 3 aromatic carbocycles. The van der Waals surface area contributed by atoms with E-state index in [0.29, 0.717) is 0 Å². The second-order valence-corrected chi connectivity index (χ2v) is 10.1. The maximum absolute atomic E-state index is 12.7. The van der Waals surface area contributed by atoms with Crippen LogP contribution in [0.2, 0.25) is 0 Å². The highest BCUT2D eigenvalue weighted by atomic mass is 32.2. The van der Waals surface area contributed by atoms with Crippen LogP contribution in [0.1, 0.15) is 5.56 Å². The number of nitro groups is 2. The average Bonchev–Trinajstić information content (AvgIpc) is 2.76. The maximum atomic E-state index is 12.7. The number of nitro benzene ring substituents is 2. The van der Waals surface area contributed by atoms with Gasteiger partial charge in [-0.15, -0.1) is 0 Å². The van der Waals surface area contributed by atoms with Crippen LogP contribution in [0.3, 0.4) is 0 Å². The molecule has 0 saturated carbocycles. The highest BCUT2D eigenvalue weighted by molar-refractivity contribution is 7.93. The van der Waals surface area contributed by atoms with Crippen molar-refractivity contribution in [2.24, 2.45) is 0 Å². The number of hydrogen-bond donors (Lipinski definition) is 2. The summed E-state index contributed by atoms with van der Waals surface area (Å²) in [4.78, 5) is 19.8. The van der Waals surface area contributed by atoms with Crippen molar-refractivity contribution in [2.75, 3.05) is 9.44 Å². The Morgan fingerprint density at radius 3 is 1.27 bits per heavy atom. The van der Waals surface area contributed by atoms with E-state index in [-0.39, 0.29) is 38.1 Å². The van der Waals surface area contributed by atoms with Crippen LogP contribution in [0.15, 0.2) is 76.5 Å². The number of benzene rings is 3. The number of nitrogens with one attached hydrogen (secondary N) is 2. The van der Waals surface area contributed by atoms with Gasteiger partial charge in [0.15, 0.2) is 0 Å². The second kappa shape index (κ2) is 8.84. The predicted molar refractivity (Wildman–Crippen MR) is 119 cm³/mol. The monoisotopic (exact) mass is 492 g/mol. The lowest BCUT2D eigenvalue weighted by molar-refractivity contribution is -0.385. The summed E-state index contributed by atoms with van der Waals surface area (Å²) in [5.74, 6) is 0. The van der Waals surface area contributed by atoms with Gasteiger partial charge in [-0.1, -0.05) is 6.07 Å². The van der Waals surface area contributed by atoms with E-state index >= 15 is 0 Å². The molecular formula is C19H16N4O8S2. The van der Waals surface area contributed by atoms with E-state index in [1.54, 1.807) is 0 Å². The van der Waals surface area contributed by atoms with Crippen molar-refractivity contribution in [3.05, 3.63) is 92.5 Å². The zero-order chi connectivity index (χ0) is 24.4. The molecule has 0 fully saturated rings. The lowest BCUT2D eigenvalue weighted by Crippen LogP contribution is -2.16. The van der Waals surface area contributed by atoms with Crippen LogP contribution in [0.4, 0.5) is 22.7 Å². The minimum absolute atomic E-state index is 0.0808. The van der Waals surface area contributed by atoms with Gasteiger partial charge in [0.05, 0.1) is 31.0 Å². The van der Waals surface area contributed by atoms with Crippen LogP contribution < -0.4 is 9.44 Å². The minimum Gasteiger partial charge on any atom is -0.279 e. The van der Waals surface area contributed by atoms with Crippen molar-refractivity contribution >= 4 is 42.8 Å². The summed E-state index contributed by atoms with van der Waals surface area (Å²) < 4.78 is 55.3. The van der Waals surface area contributed by atoms with Gasteiger partial charge >= 0.3 is 0 Å². The molecule has 0 aliphatic carbocycles. The van der Waals surface area contributed by atoms with Gasteiger partial charge in [0.1, 0.15) is 0 Å². The molecule has 3 aromatic rings. The summed E-state index contributed by atoms with van der Waals surface area (Å²) in [6, 6.07) is 12.8. The van der Waals surface area contributed by atoms with Gasteiger partial charge < -0.3 is 0 Å². The molecule has 0 aromatic heterocycles. The van der Waals surface area contributed by atoms with Crippen molar-refractivity contribution in [1.82, 2.24) is 0 Å². The van der Waals surface area contributed by atoms with Crippen LogP contribution in [0.5, 0.6) is 0 Å². The van der Waals surface area contributed by atoms with E-state index < -0.39 is 29.9 Å². The molecule has 3 rings (SSSR count). The summed E-state index contributed by atoms with van der Waals surface area (Å²) in [7, 11) is -8.23. The topological polar surface area (TPSA) is 179 Å². The van der Waals surface area contributed by atoms with Crippen LogP contribution in [-0.2, 0) is 20.0 Å². The number of hydrogen-bond acceptors (Lipinski definition) is 8.